The summed E-state index contributed by atoms with van der Waals surface area (Å²) in [6.07, 6.45) is 7.67. The average Bonchev–Trinajstić information content (AvgIpc) is 2.34. The molecule has 0 aromatic carbocycles. The van der Waals surface area contributed by atoms with Crippen LogP contribution in [0, 0.1) is 11.8 Å². The minimum absolute atomic E-state index is 0.0823. The molecule has 1 rings (SSSR count). The fourth-order valence-electron chi connectivity index (χ4n) is 2.57. The first-order valence-electron chi connectivity index (χ1n) is 7.03. The zero-order chi connectivity index (χ0) is 13.5. The van der Waals surface area contributed by atoms with Crippen molar-refractivity contribution in [1.29, 1.82) is 0 Å². The normalized spacial score (nSPS) is 18.6. The third-order valence-corrected chi connectivity index (χ3v) is 3.75. The van der Waals surface area contributed by atoms with Gasteiger partial charge in [0.25, 0.3) is 0 Å². The molecular weight excluding hydrogens is 230 g/mol. The van der Waals surface area contributed by atoms with Gasteiger partial charge >= 0.3 is 5.97 Å². The molecule has 1 unspecified atom stereocenters. The van der Waals surface area contributed by atoms with Crippen molar-refractivity contribution in [3.8, 4) is 0 Å². The highest BCUT2D eigenvalue weighted by Crippen LogP contribution is 2.27. The highest BCUT2D eigenvalue weighted by Gasteiger charge is 2.23. The Balaban J connectivity index is 2.29. The Kier molecular flexibility index (Phi) is 6.16. The topological polar surface area (TPSA) is 66.4 Å². The van der Waals surface area contributed by atoms with Crippen LogP contribution in [0.25, 0.3) is 0 Å². The van der Waals surface area contributed by atoms with Crippen LogP contribution in [0.2, 0.25) is 0 Å². The van der Waals surface area contributed by atoms with Crippen molar-refractivity contribution in [2.45, 2.75) is 64.8 Å². The Morgan fingerprint density at radius 1 is 1.22 bits per heavy atom. The second-order valence-electron chi connectivity index (χ2n) is 5.67. The summed E-state index contributed by atoms with van der Waals surface area (Å²) in [5, 5.41) is 11.6. The molecule has 0 spiro atoms. The van der Waals surface area contributed by atoms with Crippen LogP contribution in [0.3, 0.4) is 0 Å². The standard InChI is InChI=1S/C14H25NO3/c1-10(2)13(14(17)18)15-12(16)9-8-11-6-4-3-5-7-11/h10-11,13H,3-9H2,1-2H3,(H,15,16)(H,17,18). The number of carboxylic acid groups (broad SMARTS) is 1. The van der Waals surface area contributed by atoms with Gasteiger partial charge in [0.2, 0.25) is 5.91 Å². The van der Waals surface area contributed by atoms with E-state index < -0.39 is 12.0 Å². The zero-order valence-electron chi connectivity index (χ0n) is 11.4. The van der Waals surface area contributed by atoms with Crippen molar-refractivity contribution < 1.29 is 14.7 Å². The van der Waals surface area contributed by atoms with Gasteiger partial charge in [0.05, 0.1) is 0 Å². The monoisotopic (exact) mass is 255 g/mol. The van der Waals surface area contributed by atoms with Gasteiger partial charge in [-0.15, -0.1) is 0 Å². The number of hydrogen-bond acceptors (Lipinski definition) is 2. The van der Waals surface area contributed by atoms with Gasteiger partial charge in [-0.2, -0.15) is 0 Å². The molecule has 0 heterocycles. The summed E-state index contributed by atoms with van der Waals surface area (Å²) in [5.41, 5.74) is 0. The maximum absolute atomic E-state index is 11.7. The third kappa shape index (κ3) is 5.07. The minimum atomic E-state index is -0.948. The number of amides is 1. The minimum Gasteiger partial charge on any atom is -0.480 e. The second-order valence-corrected chi connectivity index (χ2v) is 5.67. The van der Waals surface area contributed by atoms with Gasteiger partial charge in [-0.05, 0) is 18.3 Å². The largest absolute Gasteiger partial charge is 0.480 e. The highest BCUT2D eigenvalue weighted by molar-refractivity contribution is 5.83. The average molecular weight is 255 g/mol. The molecule has 0 saturated heterocycles. The predicted molar refractivity (Wildman–Crippen MR) is 70.2 cm³/mol. The first-order valence-corrected chi connectivity index (χ1v) is 7.03. The molecular formula is C14H25NO3. The summed E-state index contributed by atoms with van der Waals surface area (Å²) in [4.78, 5) is 22.7. The number of aliphatic carboxylic acids is 1. The Hall–Kier alpha value is -1.06. The fraction of sp³-hybridized carbons (Fsp3) is 0.857. The van der Waals surface area contributed by atoms with Gasteiger partial charge < -0.3 is 10.4 Å². The van der Waals surface area contributed by atoms with Gasteiger partial charge in [0.15, 0.2) is 0 Å². The van der Waals surface area contributed by atoms with Crippen LogP contribution in [0.15, 0.2) is 0 Å². The van der Waals surface area contributed by atoms with E-state index >= 15 is 0 Å². The summed E-state index contributed by atoms with van der Waals surface area (Å²) >= 11 is 0. The molecule has 1 amide bonds. The van der Waals surface area contributed by atoms with Crippen molar-refractivity contribution in [2.75, 3.05) is 0 Å². The van der Waals surface area contributed by atoms with Gasteiger partial charge in [-0.3, -0.25) is 4.79 Å². The lowest BCUT2D eigenvalue weighted by Gasteiger charge is -2.22. The Morgan fingerprint density at radius 3 is 2.33 bits per heavy atom. The molecule has 1 atom stereocenters. The summed E-state index contributed by atoms with van der Waals surface area (Å²) in [5.74, 6) is -0.495. The van der Waals surface area contributed by atoms with E-state index in [2.05, 4.69) is 5.32 Å². The van der Waals surface area contributed by atoms with E-state index in [0.29, 0.717) is 12.3 Å². The number of rotatable bonds is 6. The molecule has 0 aliphatic heterocycles. The third-order valence-electron chi connectivity index (χ3n) is 3.75. The molecule has 0 radical (unpaired) electrons. The molecule has 4 nitrogen and oxygen atoms in total. The smallest absolute Gasteiger partial charge is 0.326 e. The maximum Gasteiger partial charge on any atom is 0.326 e. The molecule has 2 N–H and O–H groups in total. The van der Waals surface area contributed by atoms with Crippen LogP contribution < -0.4 is 5.32 Å². The van der Waals surface area contributed by atoms with E-state index in [4.69, 9.17) is 5.11 Å². The molecule has 1 aliphatic rings. The van der Waals surface area contributed by atoms with Gasteiger partial charge in [-0.25, -0.2) is 4.79 Å². The van der Waals surface area contributed by atoms with Crippen LogP contribution in [-0.2, 0) is 9.59 Å². The van der Waals surface area contributed by atoms with Crippen LogP contribution in [0.5, 0.6) is 0 Å². The van der Waals surface area contributed by atoms with E-state index in [1.165, 1.54) is 32.1 Å². The summed E-state index contributed by atoms with van der Waals surface area (Å²) in [7, 11) is 0. The first kappa shape index (κ1) is 15.0. The van der Waals surface area contributed by atoms with E-state index in [0.717, 1.165) is 6.42 Å². The number of carbonyl (C=O) groups excluding carboxylic acids is 1. The van der Waals surface area contributed by atoms with Crippen molar-refractivity contribution >= 4 is 11.9 Å². The molecule has 1 saturated carbocycles. The predicted octanol–water partition coefficient (Wildman–Crippen LogP) is 2.57. The van der Waals surface area contributed by atoms with Crippen molar-refractivity contribution in [3.05, 3.63) is 0 Å². The number of nitrogens with one attached hydrogen (secondary N) is 1. The highest BCUT2D eigenvalue weighted by atomic mass is 16.4. The van der Waals surface area contributed by atoms with Crippen LogP contribution in [0.1, 0.15) is 58.8 Å². The van der Waals surface area contributed by atoms with Crippen LogP contribution in [0.4, 0.5) is 0 Å². The molecule has 0 aromatic rings. The Bertz CT molecular complexity index is 283. The summed E-state index contributed by atoms with van der Waals surface area (Å²) in [6.45, 7) is 3.61. The maximum atomic E-state index is 11.7. The zero-order valence-corrected chi connectivity index (χ0v) is 11.4. The van der Waals surface area contributed by atoms with Crippen molar-refractivity contribution in [3.63, 3.8) is 0 Å². The quantitative estimate of drug-likeness (QED) is 0.766. The fourth-order valence-corrected chi connectivity index (χ4v) is 2.57. The van der Waals surface area contributed by atoms with Crippen LogP contribution in [-0.4, -0.2) is 23.0 Å². The Labute approximate surface area is 109 Å². The van der Waals surface area contributed by atoms with E-state index in [1.54, 1.807) is 13.8 Å². The van der Waals surface area contributed by atoms with E-state index in [9.17, 15) is 9.59 Å². The first-order chi connectivity index (χ1) is 8.50. The number of carbonyl (C=O) groups is 2. The lowest BCUT2D eigenvalue weighted by molar-refractivity contribution is -0.143. The summed E-state index contributed by atoms with van der Waals surface area (Å²) in [6, 6.07) is -0.760. The van der Waals surface area contributed by atoms with E-state index in [1.807, 2.05) is 0 Å². The second kappa shape index (κ2) is 7.39. The molecule has 1 fully saturated rings. The number of carboxylic acids is 1. The molecule has 1 aliphatic carbocycles. The number of hydrogen-bond donors (Lipinski definition) is 2. The SMILES string of the molecule is CC(C)C(NC(=O)CCC1CCCCC1)C(=O)O. The molecule has 0 aromatic heterocycles. The van der Waals surface area contributed by atoms with Gasteiger partial charge in [0, 0.05) is 6.42 Å². The molecule has 4 heteroatoms. The lowest BCUT2D eigenvalue weighted by atomic mass is 9.86. The summed E-state index contributed by atoms with van der Waals surface area (Å²) < 4.78 is 0. The van der Waals surface area contributed by atoms with E-state index in [-0.39, 0.29) is 11.8 Å². The lowest BCUT2D eigenvalue weighted by Crippen LogP contribution is -2.44. The van der Waals surface area contributed by atoms with Crippen molar-refractivity contribution in [2.24, 2.45) is 11.8 Å². The molecule has 0 bridgehead atoms. The Morgan fingerprint density at radius 2 is 1.83 bits per heavy atom. The van der Waals surface area contributed by atoms with Gasteiger partial charge in [0.1, 0.15) is 6.04 Å². The van der Waals surface area contributed by atoms with Crippen molar-refractivity contribution in [1.82, 2.24) is 5.32 Å². The van der Waals surface area contributed by atoms with Crippen LogP contribution >= 0.6 is 0 Å². The van der Waals surface area contributed by atoms with Gasteiger partial charge in [-0.1, -0.05) is 46.0 Å². The molecule has 104 valence electrons. The molecule has 18 heavy (non-hydrogen) atoms.